The van der Waals surface area contributed by atoms with Crippen LogP contribution in [0, 0.1) is 0 Å². The maximum Gasteiger partial charge on any atom is 0.249 e. The van der Waals surface area contributed by atoms with Crippen molar-refractivity contribution in [2.75, 3.05) is 4.81 Å². The Morgan fingerprint density at radius 1 is 0.875 bits per heavy atom. The molecule has 0 saturated heterocycles. The van der Waals surface area contributed by atoms with Gasteiger partial charge < -0.3 is 4.81 Å². The van der Waals surface area contributed by atoms with Crippen molar-refractivity contribution in [1.29, 1.82) is 0 Å². The number of hydrogen-bond donors (Lipinski definition) is 0. The Labute approximate surface area is 97.0 Å². The van der Waals surface area contributed by atoms with Crippen LogP contribution in [0.2, 0.25) is 6.82 Å². The van der Waals surface area contributed by atoms with E-state index in [1.54, 1.807) is 0 Å². The van der Waals surface area contributed by atoms with Crippen molar-refractivity contribution in [3.8, 4) is 0 Å². The van der Waals surface area contributed by atoms with E-state index in [1.807, 2.05) is 0 Å². The Balaban J connectivity index is 2.19. The minimum absolute atomic E-state index is 1.04. The first-order valence-corrected chi connectivity index (χ1v) is 5.64. The Morgan fingerprint density at radius 2 is 1.38 bits per heavy atom. The van der Waals surface area contributed by atoms with Crippen molar-refractivity contribution < 1.29 is 0 Å². The normalized spacial score (nSPS) is 12.9. The SMILES string of the molecule is C[B]N1c2ccccc2Cc2ccccc21. The van der Waals surface area contributed by atoms with Crippen LogP contribution in [0.25, 0.3) is 0 Å². The van der Waals surface area contributed by atoms with Crippen molar-refractivity contribution in [2.45, 2.75) is 13.2 Å². The lowest BCUT2D eigenvalue weighted by Gasteiger charge is -2.32. The molecule has 0 amide bonds. The monoisotopic (exact) mass is 206 g/mol. The third kappa shape index (κ3) is 1.34. The van der Waals surface area contributed by atoms with Gasteiger partial charge in [-0.3, -0.25) is 0 Å². The number of hydrogen-bond acceptors (Lipinski definition) is 1. The van der Waals surface area contributed by atoms with Gasteiger partial charge in [0.1, 0.15) is 0 Å². The molecule has 0 atom stereocenters. The summed E-state index contributed by atoms with van der Waals surface area (Å²) >= 11 is 0. The van der Waals surface area contributed by atoms with Crippen molar-refractivity contribution >= 4 is 18.8 Å². The smallest absolute Gasteiger partial charge is 0.249 e. The highest BCUT2D eigenvalue weighted by atomic mass is 15.1. The molecule has 0 spiro atoms. The first-order valence-electron chi connectivity index (χ1n) is 5.64. The van der Waals surface area contributed by atoms with Crippen LogP contribution in [-0.2, 0) is 6.42 Å². The lowest BCUT2D eigenvalue weighted by atomic mass is 9.86. The van der Waals surface area contributed by atoms with E-state index in [9.17, 15) is 0 Å². The predicted octanol–water partition coefficient (Wildman–Crippen LogP) is 3.40. The first-order chi connectivity index (χ1) is 7.90. The van der Waals surface area contributed by atoms with Crippen LogP contribution in [0.1, 0.15) is 11.1 Å². The second-order valence-corrected chi connectivity index (χ2v) is 4.06. The van der Waals surface area contributed by atoms with E-state index in [-0.39, 0.29) is 0 Å². The molecule has 2 heteroatoms. The summed E-state index contributed by atoms with van der Waals surface area (Å²) in [5, 5.41) is 0. The molecule has 0 aromatic heterocycles. The maximum absolute atomic E-state index is 2.27. The highest BCUT2D eigenvalue weighted by Crippen LogP contribution is 2.37. The second-order valence-electron chi connectivity index (χ2n) is 4.06. The number of anilines is 2. The predicted molar refractivity (Wildman–Crippen MR) is 69.4 cm³/mol. The van der Waals surface area contributed by atoms with E-state index in [0.717, 1.165) is 6.42 Å². The molecule has 0 fully saturated rings. The maximum atomic E-state index is 2.27. The van der Waals surface area contributed by atoms with Gasteiger partial charge in [-0.05, 0) is 23.3 Å². The van der Waals surface area contributed by atoms with Crippen molar-refractivity contribution in [2.24, 2.45) is 0 Å². The molecule has 0 saturated carbocycles. The van der Waals surface area contributed by atoms with Gasteiger partial charge in [-0.25, -0.2) is 0 Å². The van der Waals surface area contributed by atoms with Crippen molar-refractivity contribution in [3.63, 3.8) is 0 Å². The summed E-state index contributed by atoms with van der Waals surface area (Å²) < 4.78 is 0. The topological polar surface area (TPSA) is 3.24 Å². The zero-order valence-electron chi connectivity index (χ0n) is 9.35. The van der Waals surface area contributed by atoms with Crippen LogP contribution >= 0.6 is 0 Å². The number of benzene rings is 2. The Kier molecular flexibility index (Phi) is 2.21. The van der Waals surface area contributed by atoms with Crippen molar-refractivity contribution in [3.05, 3.63) is 59.7 Å². The van der Waals surface area contributed by atoms with Gasteiger partial charge in [-0.2, -0.15) is 0 Å². The van der Waals surface area contributed by atoms with E-state index in [2.05, 4.69) is 67.6 Å². The standard InChI is InChI=1S/C14H13BN/c1-15-16-13-8-4-2-6-11(13)10-12-7-3-5-9-14(12)16/h2-9H,10H2,1H3. The van der Waals surface area contributed by atoms with E-state index in [4.69, 9.17) is 0 Å². The average Bonchev–Trinajstić information content (AvgIpc) is 2.36. The summed E-state index contributed by atoms with van der Waals surface area (Å²) in [6, 6.07) is 17.2. The van der Waals surface area contributed by atoms with E-state index >= 15 is 0 Å². The Hall–Kier alpha value is -1.70. The zero-order chi connectivity index (χ0) is 11.0. The molecule has 2 aromatic rings. The van der Waals surface area contributed by atoms with Gasteiger partial charge in [0.2, 0.25) is 7.41 Å². The molecule has 1 radical (unpaired) electrons. The summed E-state index contributed by atoms with van der Waals surface area (Å²) in [5.74, 6) is 0. The van der Waals surface area contributed by atoms with Crippen LogP contribution < -0.4 is 4.81 Å². The van der Waals surface area contributed by atoms with Gasteiger partial charge >= 0.3 is 0 Å². The lowest BCUT2D eigenvalue weighted by molar-refractivity contribution is 1.12. The first kappa shape index (κ1) is 9.53. The molecule has 0 unspecified atom stereocenters. The molecule has 0 N–H and O–H groups in total. The highest BCUT2D eigenvalue weighted by Gasteiger charge is 2.20. The fraction of sp³-hybridized carbons (Fsp3) is 0.143. The van der Waals surface area contributed by atoms with Gasteiger partial charge in [-0.15, -0.1) is 0 Å². The third-order valence-electron chi connectivity index (χ3n) is 3.14. The summed E-state index contributed by atoms with van der Waals surface area (Å²) in [6.07, 6.45) is 1.04. The van der Waals surface area contributed by atoms with Crippen molar-refractivity contribution in [1.82, 2.24) is 0 Å². The second kappa shape index (κ2) is 3.71. The van der Waals surface area contributed by atoms with Gasteiger partial charge in [0.25, 0.3) is 0 Å². The molecular formula is C14H13BN. The zero-order valence-corrected chi connectivity index (χ0v) is 9.35. The molecule has 1 aliphatic heterocycles. The molecular weight excluding hydrogens is 193 g/mol. The van der Waals surface area contributed by atoms with Crippen LogP contribution in [0.5, 0.6) is 0 Å². The summed E-state index contributed by atoms with van der Waals surface area (Å²) in [7, 11) is 2.14. The van der Waals surface area contributed by atoms with Crippen LogP contribution in [0.3, 0.4) is 0 Å². The summed E-state index contributed by atoms with van der Waals surface area (Å²) in [6.45, 7) is 2.08. The summed E-state index contributed by atoms with van der Waals surface area (Å²) in [4.78, 5) is 2.27. The number of rotatable bonds is 1. The minimum Gasteiger partial charge on any atom is -0.391 e. The van der Waals surface area contributed by atoms with Gasteiger partial charge in [-0.1, -0.05) is 43.2 Å². The molecule has 0 aliphatic carbocycles. The average molecular weight is 206 g/mol. The molecule has 1 nitrogen and oxygen atoms in total. The van der Waals surface area contributed by atoms with Gasteiger partial charge in [0.05, 0.1) is 0 Å². The van der Waals surface area contributed by atoms with Crippen LogP contribution in [0.15, 0.2) is 48.5 Å². The van der Waals surface area contributed by atoms with E-state index < -0.39 is 0 Å². The fourth-order valence-electron chi connectivity index (χ4n) is 2.40. The van der Waals surface area contributed by atoms with Crippen LogP contribution in [0.4, 0.5) is 11.4 Å². The van der Waals surface area contributed by atoms with Crippen LogP contribution in [-0.4, -0.2) is 7.41 Å². The molecule has 2 aromatic carbocycles. The Morgan fingerprint density at radius 3 is 1.88 bits per heavy atom. The minimum atomic E-state index is 1.04. The molecule has 1 heterocycles. The lowest BCUT2D eigenvalue weighted by Crippen LogP contribution is -2.25. The number of fused-ring (bicyclic) bond motifs is 2. The molecule has 0 bridgehead atoms. The Bertz CT molecular complexity index is 476. The van der Waals surface area contributed by atoms with Gasteiger partial charge in [0, 0.05) is 17.8 Å². The van der Waals surface area contributed by atoms with E-state index in [1.165, 1.54) is 22.5 Å². The van der Waals surface area contributed by atoms with Gasteiger partial charge in [0.15, 0.2) is 0 Å². The molecule has 1 aliphatic rings. The third-order valence-corrected chi connectivity index (χ3v) is 3.14. The number of nitrogens with zero attached hydrogens (tertiary/aromatic N) is 1. The quantitative estimate of drug-likeness (QED) is 0.646. The number of para-hydroxylation sites is 2. The molecule has 16 heavy (non-hydrogen) atoms. The highest BCUT2D eigenvalue weighted by molar-refractivity contribution is 6.42. The fourth-order valence-corrected chi connectivity index (χ4v) is 2.40. The largest absolute Gasteiger partial charge is 0.391 e. The van der Waals surface area contributed by atoms with E-state index in [0.29, 0.717) is 0 Å². The molecule has 3 rings (SSSR count). The summed E-state index contributed by atoms with van der Waals surface area (Å²) in [5.41, 5.74) is 5.42. The molecule has 77 valence electrons.